The van der Waals surface area contributed by atoms with Gasteiger partial charge in [-0.1, -0.05) is 6.92 Å². The molecule has 4 rings (SSSR count). The van der Waals surface area contributed by atoms with Crippen molar-refractivity contribution < 1.29 is 52.2 Å². The Kier molecular flexibility index (Phi) is 18.3. The molecule has 57 heavy (non-hydrogen) atoms. The number of hydrogen-bond donors (Lipinski definition) is 1. The lowest BCUT2D eigenvalue weighted by Gasteiger charge is -2.41. The summed E-state index contributed by atoms with van der Waals surface area (Å²) in [6.45, 7) is 14.4. The number of rotatable bonds is 23. The molecule has 314 valence electrons. The van der Waals surface area contributed by atoms with Crippen molar-refractivity contribution >= 4 is 29.5 Å². The Hall–Kier alpha value is -4.97. The maximum Gasteiger partial charge on any atom is 0.410 e. The van der Waals surface area contributed by atoms with E-state index in [1.54, 1.807) is 45.7 Å². The van der Waals surface area contributed by atoms with Crippen LogP contribution in [0.3, 0.4) is 0 Å². The largest absolute Gasteiger partial charge is 0.493 e. The number of carbonyl (C=O) groups is 2. The fourth-order valence-corrected chi connectivity index (χ4v) is 5.74. The molecule has 3 heterocycles. The molecule has 0 bridgehead atoms. The number of anilines is 3. The smallest absolute Gasteiger partial charge is 0.410 e. The second-order valence-electron chi connectivity index (χ2n) is 13.7. The molecule has 0 spiro atoms. The highest BCUT2D eigenvalue weighted by Crippen LogP contribution is 2.40. The van der Waals surface area contributed by atoms with Gasteiger partial charge in [0.25, 0.3) is 0 Å². The monoisotopic (exact) mass is 798 g/mol. The minimum Gasteiger partial charge on any atom is -0.493 e. The second-order valence-corrected chi connectivity index (χ2v) is 13.7. The van der Waals surface area contributed by atoms with Gasteiger partial charge in [0.2, 0.25) is 11.7 Å². The first-order chi connectivity index (χ1) is 27.5. The lowest BCUT2D eigenvalue weighted by Crippen LogP contribution is -2.56. The minimum atomic E-state index is -0.543. The molecule has 17 heteroatoms. The molecule has 1 aliphatic rings. The molecule has 1 aromatic carbocycles. The summed E-state index contributed by atoms with van der Waals surface area (Å²) in [5, 5.41) is 3.25. The van der Waals surface area contributed by atoms with Crippen molar-refractivity contribution in [2.24, 2.45) is 0 Å². The number of nitrogens with one attached hydrogen (secondary N) is 1. The third-order valence-electron chi connectivity index (χ3n) is 8.43. The number of ether oxygens (including phenoxy) is 9. The van der Waals surface area contributed by atoms with Crippen molar-refractivity contribution in [1.29, 1.82) is 0 Å². The summed E-state index contributed by atoms with van der Waals surface area (Å²) in [5.74, 6) is 2.17. The number of amides is 1. The highest BCUT2D eigenvalue weighted by Gasteiger charge is 2.33. The van der Waals surface area contributed by atoms with Crippen LogP contribution < -0.4 is 24.4 Å². The molecule has 1 fully saturated rings. The number of aromatic nitrogens is 3. The zero-order valence-corrected chi connectivity index (χ0v) is 34.2. The summed E-state index contributed by atoms with van der Waals surface area (Å²) in [4.78, 5) is 42.0. The number of nitrogens with zero attached hydrogens (tertiary/aromatic N) is 5. The Morgan fingerprint density at radius 1 is 0.842 bits per heavy atom. The number of benzene rings is 1. The van der Waals surface area contributed by atoms with Gasteiger partial charge in [0.05, 0.1) is 78.8 Å². The van der Waals surface area contributed by atoms with E-state index in [0.29, 0.717) is 107 Å². The normalized spacial score (nSPS) is 14.3. The van der Waals surface area contributed by atoms with Crippen molar-refractivity contribution in [3.05, 3.63) is 42.7 Å². The standard InChI is InChI=1S/C40H58N6O11/c1-8-31-27-45(14-15-46(31)39(48)57-40(3,4)5)35-11-10-29(26-42-35)32-12-13-41-38(44-32)43-30-24-33(49-6)37(50-7)34(25-30)56-23-22-53-19-18-51-16-17-52-20-21-54-28-36(47)55-9-2/h10-13,24-26,31H,8-9,14-23,27-28H2,1-7H3,(H,41,43,44). The van der Waals surface area contributed by atoms with Crippen molar-refractivity contribution in [3.63, 3.8) is 0 Å². The van der Waals surface area contributed by atoms with E-state index in [4.69, 9.17) is 52.6 Å². The minimum absolute atomic E-state index is 0.0225. The van der Waals surface area contributed by atoms with Gasteiger partial charge in [0, 0.05) is 55.4 Å². The first-order valence-corrected chi connectivity index (χ1v) is 19.2. The average molecular weight is 799 g/mol. The summed E-state index contributed by atoms with van der Waals surface area (Å²) < 4.78 is 49.4. The topological polar surface area (TPSA) is 174 Å². The fourth-order valence-electron chi connectivity index (χ4n) is 5.74. The van der Waals surface area contributed by atoms with Gasteiger partial charge in [0.15, 0.2) is 11.5 Å². The maximum atomic E-state index is 12.8. The third-order valence-corrected chi connectivity index (χ3v) is 8.43. The average Bonchev–Trinajstić information content (AvgIpc) is 3.20. The Labute approximate surface area is 335 Å². The van der Waals surface area contributed by atoms with Crippen LogP contribution in [-0.2, 0) is 33.2 Å². The van der Waals surface area contributed by atoms with Gasteiger partial charge in [0.1, 0.15) is 24.6 Å². The number of pyridine rings is 1. The lowest BCUT2D eigenvalue weighted by molar-refractivity contribution is -0.149. The molecule has 1 N–H and O–H groups in total. The summed E-state index contributed by atoms with van der Waals surface area (Å²) in [6, 6.07) is 9.36. The molecule has 1 aliphatic heterocycles. The molecule has 0 saturated carbocycles. The maximum absolute atomic E-state index is 12.8. The molecule has 3 aromatic rings. The van der Waals surface area contributed by atoms with Crippen LogP contribution in [-0.4, -0.2) is 143 Å². The van der Waals surface area contributed by atoms with Gasteiger partial charge in [-0.05, 0) is 52.3 Å². The molecule has 2 aromatic heterocycles. The molecule has 17 nitrogen and oxygen atoms in total. The molecule has 0 radical (unpaired) electrons. The van der Waals surface area contributed by atoms with Crippen molar-refractivity contribution in [1.82, 2.24) is 19.9 Å². The molecule has 1 amide bonds. The van der Waals surface area contributed by atoms with Crippen molar-refractivity contribution in [2.75, 3.05) is 110 Å². The number of piperazine rings is 1. The van der Waals surface area contributed by atoms with Crippen molar-refractivity contribution in [2.45, 2.75) is 52.7 Å². The van der Waals surface area contributed by atoms with Crippen molar-refractivity contribution in [3.8, 4) is 28.5 Å². The molecular weight excluding hydrogens is 740 g/mol. The predicted molar refractivity (Wildman–Crippen MR) is 213 cm³/mol. The third kappa shape index (κ3) is 14.8. The Morgan fingerprint density at radius 3 is 2.14 bits per heavy atom. The number of hydrogen-bond acceptors (Lipinski definition) is 16. The van der Waals surface area contributed by atoms with E-state index in [1.807, 2.05) is 43.9 Å². The summed E-state index contributed by atoms with van der Waals surface area (Å²) >= 11 is 0. The van der Waals surface area contributed by atoms with Crippen LogP contribution in [0.2, 0.25) is 0 Å². The van der Waals surface area contributed by atoms with Crippen LogP contribution in [0.1, 0.15) is 41.0 Å². The molecular formula is C40H58N6O11. The molecule has 1 atom stereocenters. The van der Waals surface area contributed by atoms with Crippen LogP contribution in [0, 0.1) is 0 Å². The first kappa shape index (κ1) is 44.7. The SMILES string of the molecule is CCOC(=O)COCCOCCOCCOCCOc1cc(Nc2nccc(-c3ccc(N4CCN(C(=O)OC(C)(C)C)C(CC)C4)nc3)n2)cc(OC)c1OC. The molecule has 0 aliphatic carbocycles. The second kappa shape index (κ2) is 23.3. The van der Waals surface area contributed by atoms with Gasteiger partial charge in [-0.25, -0.2) is 24.5 Å². The van der Waals surface area contributed by atoms with E-state index in [-0.39, 0.29) is 25.3 Å². The van der Waals surface area contributed by atoms with E-state index in [2.05, 4.69) is 22.1 Å². The van der Waals surface area contributed by atoms with E-state index >= 15 is 0 Å². The van der Waals surface area contributed by atoms with E-state index in [1.165, 1.54) is 0 Å². The Bertz CT molecular complexity index is 1670. The van der Waals surface area contributed by atoms with Gasteiger partial charge in [-0.3, -0.25) is 0 Å². The van der Waals surface area contributed by atoms with Gasteiger partial charge in [-0.2, -0.15) is 0 Å². The lowest BCUT2D eigenvalue weighted by atomic mass is 10.1. The van der Waals surface area contributed by atoms with Gasteiger partial charge >= 0.3 is 12.1 Å². The van der Waals surface area contributed by atoms with Crippen LogP contribution >= 0.6 is 0 Å². The van der Waals surface area contributed by atoms with Crippen LogP contribution in [0.5, 0.6) is 17.2 Å². The Morgan fingerprint density at radius 2 is 1.53 bits per heavy atom. The van der Waals surface area contributed by atoms with Gasteiger partial charge in [-0.15, -0.1) is 0 Å². The van der Waals surface area contributed by atoms with E-state index in [0.717, 1.165) is 17.8 Å². The summed E-state index contributed by atoms with van der Waals surface area (Å²) in [7, 11) is 3.10. The van der Waals surface area contributed by atoms with Crippen LogP contribution in [0.4, 0.5) is 22.2 Å². The summed E-state index contributed by atoms with van der Waals surface area (Å²) in [6.07, 6.45) is 4.00. The number of esters is 1. The molecule has 1 unspecified atom stereocenters. The highest BCUT2D eigenvalue weighted by molar-refractivity contribution is 5.71. The molecule has 1 saturated heterocycles. The highest BCUT2D eigenvalue weighted by atomic mass is 16.6. The quantitative estimate of drug-likeness (QED) is 0.0985. The predicted octanol–water partition coefficient (Wildman–Crippen LogP) is 5.14. The first-order valence-electron chi connectivity index (χ1n) is 19.2. The number of carbonyl (C=O) groups excluding carboxylic acids is 2. The van der Waals surface area contributed by atoms with E-state index < -0.39 is 11.6 Å². The van der Waals surface area contributed by atoms with Gasteiger partial charge < -0.3 is 57.7 Å². The zero-order chi connectivity index (χ0) is 41.0. The van der Waals surface area contributed by atoms with E-state index in [9.17, 15) is 9.59 Å². The number of methoxy groups -OCH3 is 2. The van der Waals surface area contributed by atoms with Crippen LogP contribution in [0.15, 0.2) is 42.7 Å². The zero-order valence-electron chi connectivity index (χ0n) is 34.2. The fraction of sp³-hybridized carbons (Fsp3) is 0.575. The van der Waals surface area contributed by atoms with Crippen LogP contribution in [0.25, 0.3) is 11.3 Å². The Balaban J connectivity index is 1.24. The summed E-state index contributed by atoms with van der Waals surface area (Å²) in [5.41, 5.74) is 1.61.